The van der Waals surface area contributed by atoms with Gasteiger partial charge >= 0.3 is 0 Å². The molecule has 0 spiro atoms. The number of thioether (sulfide) groups is 1. The van der Waals surface area contributed by atoms with Gasteiger partial charge in [-0.05, 0) is 45.2 Å². The molecule has 0 N–H and O–H groups in total. The monoisotopic (exact) mass is 404 g/mol. The second-order valence-electron chi connectivity index (χ2n) is 7.14. The fourth-order valence-corrected chi connectivity index (χ4v) is 4.35. The number of carbonyl (C=O) groups is 1. The predicted octanol–water partition coefficient (Wildman–Crippen LogP) is 3.28. The Balaban J connectivity index is 1.56. The number of rotatable bonds is 7. The molecule has 0 aliphatic carbocycles. The van der Waals surface area contributed by atoms with Gasteiger partial charge in [0.1, 0.15) is 18.1 Å². The van der Waals surface area contributed by atoms with Gasteiger partial charge in [0.05, 0.1) is 12.9 Å². The van der Waals surface area contributed by atoms with Crippen molar-refractivity contribution in [3.63, 3.8) is 0 Å². The van der Waals surface area contributed by atoms with Crippen LogP contribution in [0.5, 0.6) is 11.5 Å². The van der Waals surface area contributed by atoms with E-state index in [0.29, 0.717) is 36.0 Å². The van der Waals surface area contributed by atoms with Gasteiger partial charge in [-0.3, -0.25) is 4.79 Å². The van der Waals surface area contributed by atoms with Crippen molar-refractivity contribution in [1.29, 1.82) is 0 Å². The summed E-state index contributed by atoms with van der Waals surface area (Å²) >= 11 is 1.42. The number of carbonyl (C=O) groups excluding carboxylic acids is 1. The smallest absolute Gasteiger partial charge is 0.233 e. The van der Waals surface area contributed by atoms with Crippen LogP contribution in [0.1, 0.15) is 38.9 Å². The summed E-state index contributed by atoms with van der Waals surface area (Å²) in [6.07, 6.45) is 3.35. The number of aromatic nitrogens is 3. The molecule has 0 bridgehead atoms. The van der Waals surface area contributed by atoms with Crippen molar-refractivity contribution >= 4 is 17.7 Å². The van der Waals surface area contributed by atoms with Crippen molar-refractivity contribution in [2.75, 3.05) is 12.9 Å². The van der Waals surface area contributed by atoms with Crippen LogP contribution < -0.4 is 9.47 Å². The van der Waals surface area contributed by atoms with Gasteiger partial charge in [0.2, 0.25) is 5.91 Å². The number of nitrogens with zero attached hydrogens (tertiary/aromatic N) is 4. The van der Waals surface area contributed by atoms with Gasteiger partial charge in [-0.1, -0.05) is 17.8 Å². The van der Waals surface area contributed by atoms with E-state index in [1.807, 2.05) is 40.8 Å². The van der Waals surface area contributed by atoms with Gasteiger partial charge < -0.3 is 18.9 Å². The van der Waals surface area contributed by atoms with Gasteiger partial charge in [-0.2, -0.15) is 0 Å². The van der Waals surface area contributed by atoms with Crippen LogP contribution >= 0.6 is 11.8 Å². The number of hydrogen-bond donors (Lipinski definition) is 0. The van der Waals surface area contributed by atoms with E-state index in [-0.39, 0.29) is 5.91 Å². The highest BCUT2D eigenvalue weighted by atomic mass is 32.2. The van der Waals surface area contributed by atoms with Crippen LogP contribution in [0.25, 0.3) is 0 Å². The third-order valence-electron chi connectivity index (χ3n) is 5.14. The molecule has 1 fully saturated rings. The average Bonchev–Trinajstić information content (AvgIpc) is 3.04. The van der Waals surface area contributed by atoms with Crippen LogP contribution in [0.2, 0.25) is 0 Å². The van der Waals surface area contributed by atoms with Crippen molar-refractivity contribution in [3.05, 3.63) is 30.1 Å². The molecule has 0 unspecified atom stereocenters. The summed E-state index contributed by atoms with van der Waals surface area (Å²) in [5, 5.41) is 9.14. The van der Waals surface area contributed by atoms with Crippen molar-refractivity contribution in [1.82, 2.24) is 19.7 Å². The highest BCUT2D eigenvalue weighted by molar-refractivity contribution is 7.99. The van der Waals surface area contributed by atoms with Crippen LogP contribution in [0.15, 0.2) is 29.4 Å². The van der Waals surface area contributed by atoms with E-state index in [9.17, 15) is 4.79 Å². The molecule has 1 aliphatic heterocycles. The van der Waals surface area contributed by atoms with E-state index < -0.39 is 0 Å². The first-order valence-electron chi connectivity index (χ1n) is 9.58. The zero-order valence-electron chi connectivity index (χ0n) is 16.9. The maximum Gasteiger partial charge on any atom is 0.233 e. The molecule has 0 radical (unpaired) electrons. The molecule has 1 aromatic carbocycles. The first-order valence-corrected chi connectivity index (χ1v) is 10.6. The lowest BCUT2D eigenvalue weighted by Crippen LogP contribution is -2.48. The largest absolute Gasteiger partial charge is 0.497 e. The Bertz CT molecular complexity index is 800. The molecule has 28 heavy (non-hydrogen) atoms. The maximum absolute atomic E-state index is 12.7. The molecule has 2 atom stereocenters. The number of ether oxygens (including phenoxy) is 2. The Morgan fingerprint density at radius 2 is 1.93 bits per heavy atom. The lowest BCUT2D eigenvalue weighted by Gasteiger charge is -2.39. The van der Waals surface area contributed by atoms with E-state index >= 15 is 0 Å². The molecule has 2 heterocycles. The van der Waals surface area contributed by atoms with Crippen molar-refractivity contribution in [2.24, 2.45) is 7.05 Å². The number of methoxy groups -OCH3 is 1. The van der Waals surface area contributed by atoms with E-state index in [1.54, 1.807) is 7.11 Å². The van der Waals surface area contributed by atoms with Crippen molar-refractivity contribution < 1.29 is 14.3 Å². The number of benzene rings is 1. The number of likely N-dealkylation sites (tertiary alicyclic amines) is 1. The topological polar surface area (TPSA) is 69.5 Å². The second-order valence-corrected chi connectivity index (χ2v) is 8.09. The van der Waals surface area contributed by atoms with Gasteiger partial charge in [-0.25, -0.2) is 0 Å². The summed E-state index contributed by atoms with van der Waals surface area (Å²) in [4.78, 5) is 14.7. The van der Waals surface area contributed by atoms with Crippen LogP contribution in [0.4, 0.5) is 0 Å². The summed E-state index contributed by atoms with van der Waals surface area (Å²) in [6.45, 7) is 4.56. The first kappa shape index (κ1) is 20.5. The van der Waals surface area contributed by atoms with Crippen LogP contribution in [0.3, 0.4) is 0 Å². The van der Waals surface area contributed by atoms with Crippen LogP contribution in [-0.4, -0.2) is 50.5 Å². The molecule has 3 rings (SSSR count). The SMILES string of the molecule is COc1cccc(OCc2nnc(SCC(=O)N3[C@H](C)CCC[C@H]3C)n2C)c1. The Hall–Kier alpha value is -2.22. The first-order chi connectivity index (χ1) is 13.5. The standard InChI is InChI=1S/C20H28N4O3S/c1-14-7-5-8-15(2)24(14)19(25)13-28-20-22-21-18(23(20)3)12-27-17-10-6-9-16(11-17)26-4/h6,9-11,14-15H,5,7-8,12-13H2,1-4H3/t14-,15-/m1/s1. The van der Waals surface area contributed by atoms with Gasteiger partial charge in [0.25, 0.3) is 0 Å². The lowest BCUT2D eigenvalue weighted by molar-refractivity contribution is -0.134. The minimum atomic E-state index is 0.168. The molecule has 2 aromatic rings. The predicted molar refractivity (Wildman–Crippen MR) is 109 cm³/mol. The van der Waals surface area contributed by atoms with Crippen LogP contribution in [-0.2, 0) is 18.4 Å². The average molecular weight is 405 g/mol. The summed E-state index contributed by atoms with van der Waals surface area (Å²) in [5.74, 6) is 2.70. The van der Waals surface area contributed by atoms with E-state index in [1.165, 1.54) is 18.2 Å². The maximum atomic E-state index is 12.7. The zero-order chi connectivity index (χ0) is 20.1. The fraction of sp³-hybridized carbons (Fsp3) is 0.550. The van der Waals surface area contributed by atoms with Gasteiger partial charge in [0.15, 0.2) is 11.0 Å². The molecule has 152 valence electrons. The van der Waals surface area contributed by atoms with Crippen LogP contribution in [0, 0.1) is 0 Å². The van der Waals surface area contributed by atoms with E-state index in [2.05, 4.69) is 24.0 Å². The normalized spacial score (nSPS) is 19.5. The van der Waals surface area contributed by atoms with Crippen molar-refractivity contribution in [3.8, 4) is 11.5 Å². The van der Waals surface area contributed by atoms with Crippen molar-refractivity contribution in [2.45, 2.75) is 57.0 Å². The molecule has 0 saturated carbocycles. The highest BCUT2D eigenvalue weighted by Crippen LogP contribution is 2.25. The minimum absolute atomic E-state index is 0.168. The summed E-state index contributed by atoms with van der Waals surface area (Å²) in [7, 11) is 3.52. The minimum Gasteiger partial charge on any atom is -0.497 e. The van der Waals surface area contributed by atoms with E-state index in [0.717, 1.165) is 23.7 Å². The Morgan fingerprint density at radius 1 is 1.21 bits per heavy atom. The Labute approximate surface area is 170 Å². The lowest BCUT2D eigenvalue weighted by atomic mass is 9.98. The third kappa shape index (κ3) is 4.79. The Morgan fingerprint density at radius 3 is 2.64 bits per heavy atom. The molecular formula is C20H28N4O3S. The molecule has 8 heteroatoms. The summed E-state index contributed by atoms with van der Waals surface area (Å²) < 4.78 is 12.9. The Kier molecular flexibility index (Phi) is 6.83. The number of amides is 1. The van der Waals surface area contributed by atoms with Gasteiger partial charge in [-0.15, -0.1) is 10.2 Å². The quantitative estimate of drug-likeness (QED) is 0.660. The molecule has 1 aromatic heterocycles. The molecule has 7 nitrogen and oxygen atoms in total. The summed E-state index contributed by atoms with van der Waals surface area (Å²) in [6, 6.07) is 8.05. The molecule has 1 amide bonds. The zero-order valence-corrected chi connectivity index (χ0v) is 17.7. The highest BCUT2D eigenvalue weighted by Gasteiger charge is 2.29. The molecular weight excluding hydrogens is 376 g/mol. The second kappa shape index (κ2) is 9.32. The molecule has 1 aliphatic rings. The number of hydrogen-bond acceptors (Lipinski definition) is 6. The van der Waals surface area contributed by atoms with Gasteiger partial charge in [0, 0.05) is 25.2 Å². The summed E-state index contributed by atoms with van der Waals surface area (Å²) in [5.41, 5.74) is 0. The fourth-order valence-electron chi connectivity index (χ4n) is 3.55. The molecule has 1 saturated heterocycles. The number of piperidine rings is 1. The van der Waals surface area contributed by atoms with E-state index in [4.69, 9.17) is 9.47 Å². The third-order valence-corrected chi connectivity index (χ3v) is 6.15.